The zero-order valence-electron chi connectivity index (χ0n) is 20.0. The summed E-state index contributed by atoms with van der Waals surface area (Å²) >= 11 is 0. The average Bonchev–Trinajstić information content (AvgIpc) is 2.90. The first kappa shape index (κ1) is 21.7. The molecule has 34 heavy (non-hydrogen) atoms. The molecule has 0 amide bonds. The molecule has 0 fully saturated rings. The summed E-state index contributed by atoms with van der Waals surface area (Å²) in [6, 6.07) is 43.9. The second-order valence-electron chi connectivity index (χ2n) is 9.04. The number of aryl methyl sites for hydroxylation is 1. The molecule has 5 aromatic carbocycles. The van der Waals surface area contributed by atoms with Crippen LogP contribution in [-0.2, 0) is 0 Å². The molecule has 0 aliphatic rings. The fraction of sp³-hybridized carbons (Fsp3) is 0.0909. The molecule has 0 atom stereocenters. The summed E-state index contributed by atoms with van der Waals surface area (Å²) in [7, 11) is 4.13. The fourth-order valence-electron chi connectivity index (χ4n) is 4.26. The SMILES string of the molecule is Cc1ccc(-c2ccc(-c3ccc(-c4ccc(-c5ccc(N(C)C)cc5)cc4)cc3)cc2)cc1. The Morgan fingerprint density at radius 3 is 0.765 bits per heavy atom. The van der Waals surface area contributed by atoms with E-state index in [9.17, 15) is 0 Å². The Balaban J connectivity index is 1.31. The average molecular weight is 440 g/mol. The van der Waals surface area contributed by atoms with Crippen LogP contribution in [0.2, 0.25) is 0 Å². The lowest BCUT2D eigenvalue weighted by atomic mass is 9.97. The first-order valence-electron chi connectivity index (χ1n) is 11.7. The second kappa shape index (κ2) is 9.41. The first-order chi connectivity index (χ1) is 16.6. The fourth-order valence-corrected chi connectivity index (χ4v) is 4.26. The molecule has 166 valence electrons. The Labute approximate surface area is 203 Å². The van der Waals surface area contributed by atoms with Gasteiger partial charge in [-0.05, 0) is 63.6 Å². The highest BCUT2D eigenvalue weighted by molar-refractivity contribution is 5.75. The van der Waals surface area contributed by atoms with E-state index in [0.29, 0.717) is 0 Å². The van der Waals surface area contributed by atoms with Gasteiger partial charge in [-0.15, -0.1) is 0 Å². The summed E-state index contributed by atoms with van der Waals surface area (Å²) in [6.45, 7) is 2.12. The van der Waals surface area contributed by atoms with E-state index in [4.69, 9.17) is 0 Å². The third kappa shape index (κ3) is 4.65. The van der Waals surface area contributed by atoms with E-state index in [-0.39, 0.29) is 0 Å². The van der Waals surface area contributed by atoms with Crippen molar-refractivity contribution in [2.75, 3.05) is 19.0 Å². The minimum Gasteiger partial charge on any atom is -0.378 e. The Kier molecular flexibility index (Phi) is 6.01. The van der Waals surface area contributed by atoms with Gasteiger partial charge in [0.25, 0.3) is 0 Å². The molecule has 0 radical (unpaired) electrons. The number of hydrogen-bond acceptors (Lipinski definition) is 1. The van der Waals surface area contributed by atoms with Crippen LogP contribution in [0, 0.1) is 6.92 Å². The van der Waals surface area contributed by atoms with Crippen molar-refractivity contribution in [3.8, 4) is 44.5 Å². The summed E-state index contributed by atoms with van der Waals surface area (Å²) in [5.74, 6) is 0. The Morgan fingerprint density at radius 2 is 0.529 bits per heavy atom. The molecule has 0 aliphatic heterocycles. The van der Waals surface area contributed by atoms with E-state index in [1.54, 1.807) is 0 Å². The summed E-state index contributed by atoms with van der Waals surface area (Å²) in [5.41, 5.74) is 12.4. The molecule has 1 nitrogen and oxygen atoms in total. The van der Waals surface area contributed by atoms with Gasteiger partial charge in [0.05, 0.1) is 0 Å². The van der Waals surface area contributed by atoms with Gasteiger partial charge in [0.2, 0.25) is 0 Å². The lowest BCUT2D eigenvalue weighted by molar-refractivity contribution is 1.13. The Bertz CT molecular complexity index is 1360. The van der Waals surface area contributed by atoms with Gasteiger partial charge in [-0.2, -0.15) is 0 Å². The minimum absolute atomic E-state index is 1.21. The zero-order valence-corrected chi connectivity index (χ0v) is 20.0. The van der Waals surface area contributed by atoms with E-state index in [0.717, 1.165) is 0 Å². The molecule has 5 rings (SSSR count). The zero-order chi connectivity index (χ0) is 23.5. The number of benzene rings is 5. The number of anilines is 1. The molecule has 0 unspecified atom stereocenters. The van der Waals surface area contributed by atoms with E-state index in [1.165, 1.54) is 55.8 Å². The van der Waals surface area contributed by atoms with Gasteiger partial charge >= 0.3 is 0 Å². The second-order valence-corrected chi connectivity index (χ2v) is 9.04. The van der Waals surface area contributed by atoms with Crippen molar-refractivity contribution >= 4 is 5.69 Å². The largest absolute Gasteiger partial charge is 0.378 e. The van der Waals surface area contributed by atoms with Crippen LogP contribution < -0.4 is 4.90 Å². The van der Waals surface area contributed by atoms with Crippen molar-refractivity contribution in [1.82, 2.24) is 0 Å². The van der Waals surface area contributed by atoms with Crippen molar-refractivity contribution in [3.63, 3.8) is 0 Å². The maximum atomic E-state index is 2.21. The molecule has 5 aromatic rings. The smallest absolute Gasteiger partial charge is 0.0361 e. The summed E-state index contributed by atoms with van der Waals surface area (Å²) in [5, 5.41) is 0. The van der Waals surface area contributed by atoms with Gasteiger partial charge in [0.1, 0.15) is 0 Å². The van der Waals surface area contributed by atoms with E-state index >= 15 is 0 Å². The normalized spacial score (nSPS) is 10.8. The van der Waals surface area contributed by atoms with Gasteiger partial charge in [-0.3, -0.25) is 0 Å². The molecular weight excluding hydrogens is 410 g/mol. The van der Waals surface area contributed by atoms with Crippen molar-refractivity contribution < 1.29 is 0 Å². The third-order valence-electron chi connectivity index (χ3n) is 6.42. The van der Waals surface area contributed by atoms with Crippen LogP contribution in [0.5, 0.6) is 0 Å². The highest BCUT2D eigenvalue weighted by Crippen LogP contribution is 2.29. The predicted octanol–water partition coefficient (Wildman–Crippen LogP) is 8.73. The number of nitrogens with zero attached hydrogens (tertiary/aromatic N) is 1. The van der Waals surface area contributed by atoms with Crippen LogP contribution in [0.4, 0.5) is 5.69 Å². The third-order valence-corrected chi connectivity index (χ3v) is 6.42. The van der Waals surface area contributed by atoms with Crippen LogP contribution in [0.3, 0.4) is 0 Å². The minimum atomic E-state index is 1.21. The highest BCUT2D eigenvalue weighted by atomic mass is 15.1. The summed E-state index contributed by atoms with van der Waals surface area (Å²) < 4.78 is 0. The highest BCUT2D eigenvalue weighted by Gasteiger charge is 2.04. The van der Waals surface area contributed by atoms with E-state index in [1.807, 2.05) is 0 Å². The maximum absolute atomic E-state index is 2.21. The molecule has 0 aliphatic carbocycles. The van der Waals surface area contributed by atoms with Crippen molar-refractivity contribution in [3.05, 3.63) is 127 Å². The van der Waals surface area contributed by atoms with Crippen LogP contribution >= 0.6 is 0 Å². The first-order valence-corrected chi connectivity index (χ1v) is 11.7. The quantitative estimate of drug-likeness (QED) is 0.265. The maximum Gasteiger partial charge on any atom is 0.0361 e. The van der Waals surface area contributed by atoms with Gasteiger partial charge in [-0.1, -0.05) is 115 Å². The lowest BCUT2D eigenvalue weighted by Crippen LogP contribution is -2.07. The van der Waals surface area contributed by atoms with Gasteiger partial charge in [0, 0.05) is 19.8 Å². The standard InChI is InChI=1S/C33H29N/c1-24-4-6-25(7-5-24)26-8-10-27(11-9-26)28-12-14-29(15-13-28)30-16-18-31(19-17-30)32-20-22-33(23-21-32)34(2)3/h4-23H,1-3H3. The van der Waals surface area contributed by atoms with Gasteiger partial charge in [0.15, 0.2) is 0 Å². The monoisotopic (exact) mass is 439 g/mol. The summed E-state index contributed by atoms with van der Waals surface area (Å²) in [6.07, 6.45) is 0. The van der Waals surface area contributed by atoms with Crippen LogP contribution in [0.1, 0.15) is 5.56 Å². The molecule has 0 saturated carbocycles. The van der Waals surface area contributed by atoms with Crippen molar-refractivity contribution in [1.29, 1.82) is 0 Å². The van der Waals surface area contributed by atoms with Crippen molar-refractivity contribution in [2.24, 2.45) is 0 Å². The molecule has 0 spiro atoms. The molecular formula is C33H29N. The van der Waals surface area contributed by atoms with E-state index < -0.39 is 0 Å². The predicted molar refractivity (Wildman–Crippen MR) is 147 cm³/mol. The molecule has 0 bridgehead atoms. The molecule has 0 saturated heterocycles. The van der Waals surface area contributed by atoms with Crippen LogP contribution in [0.25, 0.3) is 44.5 Å². The van der Waals surface area contributed by atoms with Crippen LogP contribution in [0.15, 0.2) is 121 Å². The molecule has 0 N–H and O–H groups in total. The summed E-state index contributed by atoms with van der Waals surface area (Å²) in [4.78, 5) is 2.12. The molecule has 1 heteroatoms. The van der Waals surface area contributed by atoms with Crippen LogP contribution in [-0.4, -0.2) is 14.1 Å². The van der Waals surface area contributed by atoms with E-state index in [2.05, 4.69) is 147 Å². The lowest BCUT2D eigenvalue weighted by Gasteiger charge is -2.13. The van der Waals surface area contributed by atoms with Gasteiger partial charge < -0.3 is 4.90 Å². The number of rotatable bonds is 5. The van der Waals surface area contributed by atoms with Crippen molar-refractivity contribution in [2.45, 2.75) is 6.92 Å². The Morgan fingerprint density at radius 1 is 0.324 bits per heavy atom. The molecule has 0 aromatic heterocycles. The van der Waals surface area contributed by atoms with Gasteiger partial charge in [-0.25, -0.2) is 0 Å². The topological polar surface area (TPSA) is 3.24 Å². The molecule has 0 heterocycles. The Hall–Kier alpha value is -4.10. The number of hydrogen-bond donors (Lipinski definition) is 0.